The summed E-state index contributed by atoms with van der Waals surface area (Å²) in [6.07, 6.45) is 7.96. The minimum atomic E-state index is -4.12. The Bertz CT molecular complexity index is 720. The quantitative estimate of drug-likeness (QED) is 0.828. The minimum Gasteiger partial charge on any atom is -0.282 e. The predicted octanol–water partition coefficient (Wildman–Crippen LogP) is 4.56. The molecule has 0 aromatic heterocycles. The maximum Gasteiger partial charge on any atom is 0.290 e. The molecule has 1 aliphatic carbocycles. The summed E-state index contributed by atoms with van der Waals surface area (Å²) in [6.45, 7) is 6.10. The molecule has 1 aliphatic rings. The number of rotatable bonds is 4. The lowest BCUT2D eigenvalue weighted by Gasteiger charge is -2.16. The minimum absolute atomic E-state index is 0.0878. The van der Waals surface area contributed by atoms with Gasteiger partial charge in [0.1, 0.15) is 0 Å². The van der Waals surface area contributed by atoms with Crippen LogP contribution >= 0.6 is 0 Å². The van der Waals surface area contributed by atoms with Gasteiger partial charge in [-0.1, -0.05) is 63.3 Å². The van der Waals surface area contributed by atoms with Crippen LogP contribution in [0, 0.1) is 5.92 Å². The van der Waals surface area contributed by atoms with E-state index in [0.29, 0.717) is 12.3 Å². The Balaban J connectivity index is 2.18. The van der Waals surface area contributed by atoms with E-state index >= 15 is 0 Å². The van der Waals surface area contributed by atoms with Gasteiger partial charge in [-0.15, -0.1) is 0 Å². The molecule has 22 heavy (non-hydrogen) atoms. The third-order valence-corrected chi connectivity index (χ3v) is 4.99. The number of allylic oxidation sites excluding steroid dienone is 5. The summed E-state index contributed by atoms with van der Waals surface area (Å²) in [5, 5.41) is 0. The van der Waals surface area contributed by atoms with Crippen molar-refractivity contribution in [2.75, 3.05) is 0 Å². The average Bonchev–Trinajstić information content (AvgIpc) is 2.45. The Labute approximate surface area is 132 Å². The van der Waals surface area contributed by atoms with Crippen molar-refractivity contribution >= 4 is 16.2 Å². The molecule has 0 radical (unpaired) electrons. The Morgan fingerprint density at radius 1 is 1.18 bits per heavy atom. The van der Waals surface area contributed by atoms with Crippen LogP contribution in [0.4, 0.5) is 0 Å². The highest BCUT2D eigenvalue weighted by atomic mass is 32.2. The second kappa shape index (κ2) is 6.63. The van der Waals surface area contributed by atoms with E-state index in [0.717, 1.165) is 11.1 Å². The molecule has 118 valence electrons. The molecular weight excluding hydrogens is 296 g/mol. The topological polar surface area (TPSA) is 54.4 Å². The summed E-state index contributed by atoms with van der Waals surface area (Å²) in [5.74, 6) is 0.318. The first-order chi connectivity index (χ1) is 10.3. The molecule has 0 amide bonds. The SMILES string of the molecule is CC1CC=C(/C=C/c2ccc(C(C)C)cc2)C=C1S(=O)(=O)O. The van der Waals surface area contributed by atoms with Crippen molar-refractivity contribution in [3.05, 3.63) is 64.1 Å². The van der Waals surface area contributed by atoms with Crippen LogP contribution in [0.15, 0.2) is 53.0 Å². The highest BCUT2D eigenvalue weighted by Crippen LogP contribution is 2.28. The lowest BCUT2D eigenvalue weighted by atomic mass is 9.97. The molecule has 0 bridgehead atoms. The van der Waals surface area contributed by atoms with E-state index < -0.39 is 10.1 Å². The van der Waals surface area contributed by atoms with E-state index in [1.165, 1.54) is 5.56 Å². The van der Waals surface area contributed by atoms with Gasteiger partial charge >= 0.3 is 0 Å². The number of hydrogen-bond donors (Lipinski definition) is 1. The molecule has 3 nitrogen and oxygen atoms in total. The first-order valence-electron chi connectivity index (χ1n) is 7.44. The average molecular weight is 318 g/mol. The van der Waals surface area contributed by atoms with Crippen molar-refractivity contribution in [1.82, 2.24) is 0 Å². The van der Waals surface area contributed by atoms with Crippen molar-refractivity contribution in [3.8, 4) is 0 Å². The summed E-state index contributed by atoms with van der Waals surface area (Å²) >= 11 is 0. The summed E-state index contributed by atoms with van der Waals surface area (Å²) in [5.41, 5.74) is 3.15. The first-order valence-corrected chi connectivity index (χ1v) is 8.88. The normalized spacial score (nSPS) is 19.4. The van der Waals surface area contributed by atoms with Gasteiger partial charge in [0.25, 0.3) is 10.1 Å². The molecule has 1 atom stereocenters. The highest BCUT2D eigenvalue weighted by Gasteiger charge is 2.22. The smallest absolute Gasteiger partial charge is 0.282 e. The summed E-state index contributed by atoms with van der Waals surface area (Å²) in [6, 6.07) is 8.29. The van der Waals surface area contributed by atoms with Crippen molar-refractivity contribution in [2.24, 2.45) is 5.92 Å². The van der Waals surface area contributed by atoms with E-state index in [1.54, 1.807) is 13.0 Å². The van der Waals surface area contributed by atoms with Gasteiger partial charge in [-0.3, -0.25) is 4.55 Å². The molecule has 4 heteroatoms. The van der Waals surface area contributed by atoms with Crippen LogP contribution in [0.5, 0.6) is 0 Å². The lowest BCUT2D eigenvalue weighted by Crippen LogP contribution is -2.12. The molecule has 2 rings (SSSR count). The molecule has 0 spiro atoms. The Hall–Kier alpha value is -1.65. The number of hydrogen-bond acceptors (Lipinski definition) is 2. The molecule has 1 N–H and O–H groups in total. The fourth-order valence-corrected chi connectivity index (χ4v) is 3.31. The molecular formula is C18H22O3S. The van der Waals surface area contributed by atoms with E-state index in [-0.39, 0.29) is 10.8 Å². The van der Waals surface area contributed by atoms with Gasteiger partial charge in [-0.25, -0.2) is 0 Å². The number of benzene rings is 1. The zero-order valence-electron chi connectivity index (χ0n) is 13.2. The van der Waals surface area contributed by atoms with E-state index in [4.69, 9.17) is 0 Å². The largest absolute Gasteiger partial charge is 0.290 e. The monoisotopic (exact) mass is 318 g/mol. The van der Waals surface area contributed by atoms with Crippen molar-refractivity contribution in [3.63, 3.8) is 0 Å². The van der Waals surface area contributed by atoms with Crippen LogP contribution in [0.25, 0.3) is 6.08 Å². The van der Waals surface area contributed by atoms with Crippen molar-refractivity contribution in [1.29, 1.82) is 0 Å². The fraction of sp³-hybridized carbons (Fsp3) is 0.333. The Morgan fingerprint density at radius 2 is 1.82 bits per heavy atom. The summed E-state index contributed by atoms with van der Waals surface area (Å²) in [7, 11) is -4.12. The van der Waals surface area contributed by atoms with Crippen LogP contribution in [-0.4, -0.2) is 13.0 Å². The Kier molecular flexibility index (Phi) is 5.04. The zero-order valence-corrected chi connectivity index (χ0v) is 14.0. The summed E-state index contributed by atoms with van der Waals surface area (Å²) in [4.78, 5) is 0.0878. The molecule has 0 aliphatic heterocycles. The lowest BCUT2D eigenvalue weighted by molar-refractivity contribution is 0.482. The van der Waals surface area contributed by atoms with Gasteiger partial charge in [0.15, 0.2) is 0 Å². The molecule has 0 saturated heterocycles. The predicted molar refractivity (Wildman–Crippen MR) is 91.1 cm³/mol. The standard InChI is InChI=1S/C18H22O3S/c1-13(2)17-10-8-15(9-11-17)6-7-16-5-4-14(3)18(12-16)22(19,20)21/h5-14H,4H2,1-3H3,(H,19,20,21)/b7-6+. The third-order valence-electron chi connectivity index (χ3n) is 3.87. The van der Waals surface area contributed by atoms with Gasteiger partial charge in [-0.2, -0.15) is 8.42 Å². The van der Waals surface area contributed by atoms with E-state index in [1.807, 2.05) is 30.4 Å². The second-order valence-corrected chi connectivity index (χ2v) is 7.44. The zero-order chi connectivity index (χ0) is 16.3. The molecule has 1 aromatic rings. The molecule has 1 unspecified atom stereocenters. The molecule has 0 fully saturated rings. The third kappa shape index (κ3) is 4.18. The second-order valence-electron chi connectivity index (χ2n) is 6.02. The van der Waals surface area contributed by atoms with Crippen LogP contribution in [0.2, 0.25) is 0 Å². The Morgan fingerprint density at radius 3 is 2.36 bits per heavy atom. The maximum absolute atomic E-state index is 11.4. The molecule has 1 aromatic carbocycles. The van der Waals surface area contributed by atoms with Crippen LogP contribution < -0.4 is 0 Å². The van der Waals surface area contributed by atoms with Gasteiger partial charge < -0.3 is 0 Å². The van der Waals surface area contributed by atoms with E-state index in [9.17, 15) is 13.0 Å². The van der Waals surface area contributed by atoms with Gasteiger partial charge in [0, 0.05) is 0 Å². The highest BCUT2D eigenvalue weighted by molar-refractivity contribution is 7.89. The molecule has 0 saturated carbocycles. The first kappa shape index (κ1) is 16.7. The molecule has 0 heterocycles. The van der Waals surface area contributed by atoms with Gasteiger partial charge in [0.05, 0.1) is 4.91 Å². The van der Waals surface area contributed by atoms with Gasteiger partial charge in [-0.05, 0) is 41.0 Å². The fourth-order valence-electron chi connectivity index (χ4n) is 2.42. The van der Waals surface area contributed by atoms with Crippen LogP contribution in [-0.2, 0) is 10.1 Å². The van der Waals surface area contributed by atoms with E-state index in [2.05, 4.69) is 26.0 Å². The van der Waals surface area contributed by atoms with Crippen LogP contribution in [0.1, 0.15) is 44.2 Å². The van der Waals surface area contributed by atoms with Crippen molar-refractivity contribution < 1.29 is 13.0 Å². The summed E-state index contributed by atoms with van der Waals surface area (Å²) < 4.78 is 32.0. The van der Waals surface area contributed by atoms with Crippen molar-refractivity contribution in [2.45, 2.75) is 33.1 Å². The maximum atomic E-state index is 11.4. The van der Waals surface area contributed by atoms with Crippen LogP contribution in [0.3, 0.4) is 0 Å². The van der Waals surface area contributed by atoms with Gasteiger partial charge in [0.2, 0.25) is 0 Å².